The van der Waals surface area contributed by atoms with E-state index in [0.29, 0.717) is 31.7 Å². The summed E-state index contributed by atoms with van der Waals surface area (Å²) in [4.78, 5) is 27.9. The maximum atomic E-state index is 13.6. The van der Waals surface area contributed by atoms with E-state index in [0.717, 1.165) is 5.39 Å². The van der Waals surface area contributed by atoms with Gasteiger partial charge in [-0.1, -0.05) is 36.4 Å². The third-order valence-corrected chi connectivity index (χ3v) is 8.56. The van der Waals surface area contributed by atoms with Crippen LogP contribution in [0.15, 0.2) is 47.4 Å². The van der Waals surface area contributed by atoms with Gasteiger partial charge in [0, 0.05) is 18.5 Å². The van der Waals surface area contributed by atoms with Crippen molar-refractivity contribution in [3.8, 4) is 6.07 Å². The normalized spacial score (nSPS) is 23.6. The number of morpholine rings is 1. The van der Waals surface area contributed by atoms with E-state index >= 15 is 0 Å². The van der Waals surface area contributed by atoms with Crippen LogP contribution in [0.5, 0.6) is 0 Å². The lowest BCUT2D eigenvalue weighted by molar-refractivity contribution is -0.144. The number of nitrogens with zero attached hydrogens (tertiary/aromatic N) is 2. The predicted molar refractivity (Wildman–Crippen MR) is 117 cm³/mol. The minimum atomic E-state index is -3.79. The van der Waals surface area contributed by atoms with Crippen molar-refractivity contribution >= 4 is 32.4 Å². The topological polar surface area (TPSA) is 117 Å². The van der Waals surface area contributed by atoms with Crippen LogP contribution in [-0.4, -0.2) is 63.2 Å². The van der Waals surface area contributed by atoms with Gasteiger partial charge in [-0.25, -0.2) is 8.42 Å². The van der Waals surface area contributed by atoms with Crippen molar-refractivity contribution < 1.29 is 22.7 Å². The first kappa shape index (κ1) is 22.2. The van der Waals surface area contributed by atoms with E-state index in [1.165, 1.54) is 0 Å². The van der Waals surface area contributed by atoms with Crippen LogP contribution < -0.4 is 5.32 Å². The summed E-state index contributed by atoms with van der Waals surface area (Å²) in [6.45, 7) is 1.49. The Morgan fingerprint density at radius 2 is 1.75 bits per heavy atom. The molecule has 168 valence electrons. The number of nitriles is 1. The van der Waals surface area contributed by atoms with Gasteiger partial charge in [0.1, 0.15) is 6.54 Å². The summed E-state index contributed by atoms with van der Waals surface area (Å²) in [5, 5.41) is 11.9. The number of carbonyl (C=O) groups is 2. The highest BCUT2D eigenvalue weighted by Gasteiger charge is 2.48. The molecule has 1 heterocycles. The number of amides is 2. The van der Waals surface area contributed by atoms with Crippen LogP contribution in [0.3, 0.4) is 0 Å². The molecule has 32 heavy (non-hydrogen) atoms. The second-order valence-electron chi connectivity index (χ2n) is 8.14. The maximum absolute atomic E-state index is 13.6. The van der Waals surface area contributed by atoms with Gasteiger partial charge in [-0.05, 0) is 24.3 Å². The molecule has 1 aliphatic heterocycles. The molecule has 1 saturated carbocycles. The summed E-state index contributed by atoms with van der Waals surface area (Å²) >= 11 is 0. The zero-order valence-electron chi connectivity index (χ0n) is 17.6. The maximum Gasteiger partial charge on any atom is 0.226 e. The predicted octanol–water partition coefficient (Wildman–Crippen LogP) is 1.51. The first-order valence-corrected chi connectivity index (χ1v) is 12.2. The molecule has 8 nitrogen and oxygen atoms in total. The van der Waals surface area contributed by atoms with Crippen LogP contribution in [0.25, 0.3) is 10.8 Å². The molecule has 0 spiro atoms. The van der Waals surface area contributed by atoms with Crippen LogP contribution in [0, 0.1) is 23.2 Å². The molecule has 1 N–H and O–H groups in total. The minimum absolute atomic E-state index is 0.0452. The molecule has 9 heteroatoms. The van der Waals surface area contributed by atoms with Gasteiger partial charge in [0.05, 0.1) is 41.3 Å². The standard InChI is InChI=1S/C23H25N3O5S/c24-8-9-25-22(27)19-14-17(15-20(19)23(28)26-10-12-31-13-11-26)32(29,30)21-7-3-5-16-4-1-2-6-18(16)21/h1-7,17,19-20H,9-15H2,(H,25,27)/t17-,19-,20?/m1/s1. The fourth-order valence-corrected chi connectivity index (χ4v) is 6.75. The molecular formula is C23H25N3O5S. The Morgan fingerprint density at radius 3 is 2.50 bits per heavy atom. The van der Waals surface area contributed by atoms with Gasteiger partial charge in [-0.3, -0.25) is 9.59 Å². The largest absolute Gasteiger partial charge is 0.378 e. The van der Waals surface area contributed by atoms with Gasteiger partial charge in [0.25, 0.3) is 0 Å². The van der Waals surface area contributed by atoms with Gasteiger partial charge >= 0.3 is 0 Å². The molecule has 0 radical (unpaired) electrons. The Balaban J connectivity index is 1.66. The summed E-state index contributed by atoms with van der Waals surface area (Å²) in [6.07, 6.45) is 0.121. The van der Waals surface area contributed by atoms with Crippen molar-refractivity contribution in [2.75, 3.05) is 32.8 Å². The zero-order valence-corrected chi connectivity index (χ0v) is 18.4. The number of hydrogen-bond acceptors (Lipinski definition) is 6. The third kappa shape index (κ3) is 4.20. The minimum Gasteiger partial charge on any atom is -0.378 e. The van der Waals surface area contributed by atoms with Gasteiger partial charge in [0.2, 0.25) is 11.8 Å². The molecule has 2 fully saturated rings. The Bertz CT molecular complexity index is 1160. The average molecular weight is 456 g/mol. The Hall–Kier alpha value is -2.96. The lowest BCUT2D eigenvalue weighted by atomic mass is 9.93. The lowest BCUT2D eigenvalue weighted by Gasteiger charge is -2.30. The highest BCUT2D eigenvalue weighted by molar-refractivity contribution is 7.92. The van der Waals surface area contributed by atoms with Crippen LogP contribution in [0.2, 0.25) is 0 Å². The molecular weight excluding hydrogens is 430 g/mol. The summed E-state index contributed by atoms with van der Waals surface area (Å²) < 4.78 is 32.6. The molecule has 2 aromatic carbocycles. The number of hydrogen-bond donors (Lipinski definition) is 1. The molecule has 2 aliphatic rings. The van der Waals surface area contributed by atoms with E-state index < -0.39 is 32.8 Å². The van der Waals surface area contributed by atoms with Gasteiger partial charge in [-0.2, -0.15) is 5.26 Å². The second kappa shape index (κ2) is 9.27. The van der Waals surface area contributed by atoms with Crippen molar-refractivity contribution in [3.05, 3.63) is 42.5 Å². The number of ether oxygens (including phenoxy) is 1. The number of carbonyl (C=O) groups excluding carboxylic acids is 2. The first-order chi connectivity index (χ1) is 15.4. The van der Waals surface area contributed by atoms with Crippen molar-refractivity contribution in [2.45, 2.75) is 23.0 Å². The average Bonchev–Trinajstić information content (AvgIpc) is 3.29. The van der Waals surface area contributed by atoms with Crippen molar-refractivity contribution in [2.24, 2.45) is 11.8 Å². The van der Waals surface area contributed by atoms with E-state index in [2.05, 4.69) is 5.32 Å². The lowest BCUT2D eigenvalue weighted by Crippen LogP contribution is -2.46. The monoisotopic (exact) mass is 455 g/mol. The quantitative estimate of drug-likeness (QED) is 0.683. The number of nitrogens with one attached hydrogen (secondary N) is 1. The van der Waals surface area contributed by atoms with E-state index in [4.69, 9.17) is 10.00 Å². The van der Waals surface area contributed by atoms with Gasteiger partial charge < -0.3 is 15.0 Å². The zero-order chi connectivity index (χ0) is 22.7. The Morgan fingerprint density at radius 1 is 1.06 bits per heavy atom. The number of sulfone groups is 1. The summed E-state index contributed by atoms with van der Waals surface area (Å²) in [7, 11) is -3.79. The number of benzene rings is 2. The number of rotatable bonds is 5. The number of fused-ring (bicyclic) bond motifs is 1. The van der Waals surface area contributed by atoms with Crippen LogP contribution in [0.1, 0.15) is 12.8 Å². The first-order valence-electron chi connectivity index (χ1n) is 10.7. The molecule has 1 saturated heterocycles. The molecule has 0 bridgehead atoms. The highest BCUT2D eigenvalue weighted by atomic mass is 32.2. The fraction of sp³-hybridized carbons (Fsp3) is 0.435. The van der Waals surface area contributed by atoms with Crippen LogP contribution >= 0.6 is 0 Å². The molecule has 2 amide bonds. The van der Waals surface area contributed by atoms with E-state index in [1.807, 2.05) is 24.3 Å². The third-order valence-electron chi connectivity index (χ3n) is 6.33. The molecule has 4 rings (SSSR count). The Kier molecular flexibility index (Phi) is 6.44. The molecule has 1 aliphatic carbocycles. The smallest absolute Gasteiger partial charge is 0.226 e. The summed E-state index contributed by atoms with van der Waals surface area (Å²) in [5.41, 5.74) is 0. The van der Waals surface area contributed by atoms with Crippen molar-refractivity contribution in [1.29, 1.82) is 5.26 Å². The van der Waals surface area contributed by atoms with Crippen LogP contribution in [-0.2, 0) is 24.2 Å². The SMILES string of the molecule is N#CCNC(=O)[C@@H]1C[C@@H](S(=O)(=O)c2cccc3ccccc23)CC1C(=O)N1CCOCC1. The Labute approximate surface area is 187 Å². The van der Waals surface area contributed by atoms with E-state index in [9.17, 15) is 18.0 Å². The second-order valence-corrected chi connectivity index (χ2v) is 10.3. The fourth-order valence-electron chi connectivity index (χ4n) is 4.71. The van der Waals surface area contributed by atoms with Crippen molar-refractivity contribution in [3.63, 3.8) is 0 Å². The summed E-state index contributed by atoms with van der Waals surface area (Å²) in [6, 6.07) is 14.3. The van der Waals surface area contributed by atoms with Crippen molar-refractivity contribution in [1.82, 2.24) is 10.2 Å². The summed E-state index contributed by atoms with van der Waals surface area (Å²) in [5.74, 6) is -2.22. The van der Waals surface area contributed by atoms with Gasteiger partial charge in [0.15, 0.2) is 9.84 Å². The molecule has 3 atom stereocenters. The van der Waals surface area contributed by atoms with Crippen LogP contribution in [0.4, 0.5) is 0 Å². The molecule has 2 aromatic rings. The van der Waals surface area contributed by atoms with E-state index in [-0.39, 0.29) is 30.2 Å². The molecule has 0 aromatic heterocycles. The highest BCUT2D eigenvalue weighted by Crippen LogP contribution is 2.41. The van der Waals surface area contributed by atoms with Gasteiger partial charge in [-0.15, -0.1) is 0 Å². The van der Waals surface area contributed by atoms with E-state index in [1.54, 1.807) is 29.2 Å². The molecule has 1 unspecified atom stereocenters.